The first-order valence-electron chi connectivity index (χ1n) is 7.60. The number of rotatable bonds is 5. The van der Waals surface area contributed by atoms with Gasteiger partial charge in [-0.25, -0.2) is 0 Å². The number of halogens is 4. The molecule has 0 unspecified atom stereocenters. The average Bonchev–Trinajstić information content (AvgIpc) is 2.62. The lowest BCUT2D eigenvalue weighted by Crippen LogP contribution is -2.10. The number of methoxy groups -OCH3 is 1. The monoisotopic (exact) mass is 395 g/mol. The van der Waals surface area contributed by atoms with Gasteiger partial charge >= 0.3 is 6.18 Å². The summed E-state index contributed by atoms with van der Waals surface area (Å²) in [6.45, 7) is 0. The van der Waals surface area contributed by atoms with E-state index in [1.165, 1.54) is 31.5 Å². The number of benzene rings is 2. The average molecular weight is 396 g/mol. The lowest BCUT2D eigenvalue weighted by atomic mass is 10.1. The molecule has 0 aliphatic rings. The van der Waals surface area contributed by atoms with Crippen LogP contribution in [0.15, 0.2) is 48.7 Å². The first-order valence-corrected chi connectivity index (χ1v) is 7.98. The van der Waals surface area contributed by atoms with E-state index in [1.54, 1.807) is 18.2 Å². The first kappa shape index (κ1) is 18.7. The third-order valence-corrected chi connectivity index (χ3v) is 3.70. The maximum absolute atomic E-state index is 13.1. The molecule has 0 spiro atoms. The fraction of sp³-hybridized carbons (Fsp3) is 0.118. The Morgan fingerprint density at radius 1 is 1.04 bits per heavy atom. The van der Waals surface area contributed by atoms with Crippen molar-refractivity contribution in [3.63, 3.8) is 0 Å². The lowest BCUT2D eigenvalue weighted by Gasteiger charge is -2.14. The highest BCUT2D eigenvalue weighted by molar-refractivity contribution is 6.31. The standard InChI is InChI=1S/C17H13ClF3N5O/c1-27-14-7-6-10(18)8-13(14)23-15-9-22-26-16(25-15)24-12-5-3-2-4-11(12)17(19,20)21/h2-9H,1H3,(H2,23,24,25,26). The summed E-state index contributed by atoms with van der Waals surface area (Å²) < 4.78 is 44.5. The second-order valence-corrected chi connectivity index (χ2v) is 5.74. The molecule has 27 heavy (non-hydrogen) atoms. The molecule has 6 nitrogen and oxygen atoms in total. The van der Waals surface area contributed by atoms with Crippen molar-refractivity contribution >= 4 is 34.7 Å². The molecule has 0 aliphatic heterocycles. The maximum Gasteiger partial charge on any atom is 0.418 e. The molecule has 3 aromatic rings. The summed E-state index contributed by atoms with van der Waals surface area (Å²) in [6, 6.07) is 9.97. The summed E-state index contributed by atoms with van der Waals surface area (Å²) in [4.78, 5) is 4.13. The van der Waals surface area contributed by atoms with Gasteiger partial charge in [-0.3, -0.25) is 0 Å². The summed E-state index contributed by atoms with van der Waals surface area (Å²) in [5.41, 5.74) is -0.486. The second kappa shape index (κ2) is 7.67. The topological polar surface area (TPSA) is 72.0 Å². The van der Waals surface area contributed by atoms with Crippen molar-refractivity contribution in [2.24, 2.45) is 0 Å². The smallest absolute Gasteiger partial charge is 0.418 e. The zero-order valence-electron chi connectivity index (χ0n) is 13.9. The van der Waals surface area contributed by atoms with Crippen LogP contribution in [0.5, 0.6) is 5.75 Å². The summed E-state index contributed by atoms with van der Waals surface area (Å²) in [7, 11) is 1.49. The van der Waals surface area contributed by atoms with E-state index in [0.29, 0.717) is 16.5 Å². The fourth-order valence-corrected chi connectivity index (χ4v) is 2.46. The molecule has 0 saturated heterocycles. The van der Waals surface area contributed by atoms with Crippen molar-refractivity contribution in [3.8, 4) is 5.75 Å². The summed E-state index contributed by atoms with van der Waals surface area (Å²) >= 11 is 5.98. The number of para-hydroxylation sites is 1. The van der Waals surface area contributed by atoms with E-state index in [0.717, 1.165) is 6.07 Å². The SMILES string of the molecule is COc1ccc(Cl)cc1Nc1cnnc(Nc2ccccc2C(F)(F)F)n1. The third-order valence-electron chi connectivity index (χ3n) is 3.46. The molecule has 3 rings (SSSR count). The highest BCUT2D eigenvalue weighted by Gasteiger charge is 2.33. The number of anilines is 4. The molecule has 2 N–H and O–H groups in total. The van der Waals surface area contributed by atoms with E-state index in [2.05, 4.69) is 25.8 Å². The van der Waals surface area contributed by atoms with Gasteiger partial charge in [0.2, 0.25) is 5.95 Å². The van der Waals surface area contributed by atoms with Crippen LogP contribution in [-0.2, 0) is 6.18 Å². The molecule has 0 radical (unpaired) electrons. The molecular formula is C17H13ClF3N5O. The van der Waals surface area contributed by atoms with Crippen molar-refractivity contribution in [1.29, 1.82) is 0 Å². The highest BCUT2D eigenvalue weighted by Crippen LogP contribution is 2.35. The number of hydrogen-bond acceptors (Lipinski definition) is 6. The van der Waals surface area contributed by atoms with Crippen LogP contribution >= 0.6 is 11.6 Å². The molecule has 1 heterocycles. The van der Waals surface area contributed by atoms with Crippen LogP contribution < -0.4 is 15.4 Å². The normalized spacial score (nSPS) is 11.1. The van der Waals surface area contributed by atoms with Crippen LogP contribution in [0.3, 0.4) is 0 Å². The van der Waals surface area contributed by atoms with Gasteiger partial charge in [-0.1, -0.05) is 23.7 Å². The van der Waals surface area contributed by atoms with Crippen LogP contribution in [0.25, 0.3) is 0 Å². The zero-order valence-corrected chi connectivity index (χ0v) is 14.6. The van der Waals surface area contributed by atoms with Crippen LogP contribution in [0.1, 0.15) is 5.56 Å². The minimum atomic E-state index is -4.51. The molecular weight excluding hydrogens is 383 g/mol. The second-order valence-electron chi connectivity index (χ2n) is 5.30. The minimum absolute atomic E-state index is 0.0994. The molecule has 10 heteroatoms. The molecule has 2 aromatic carbocycles. The van der Waals surface area contributed by atoms with Crippen LogP contribution in [-0.4, -0.2) is 22.3 Å². The van der Waals surface area contributed by atoms with E-state index in [-0.39, 0.29) is 17.5 Å². The predicted octanol–water partition coefficient (Wildman–Crippen LogP) is 5.04. The zero-order chi connectivity index (χ0) is 19.4. The van der Waals surface area contributed by atoms with Crippen molar-refractivity contribution in [3.05, 3.63) is 59.2 Å². The Morgan fingerprint density at radius 2 is 1.81 bits per heavy atom. The predicted molar refractivity (Wildman–Crippen MR) is 95.8 cm³/mol. The highest BCUT2D eigenvalue weighted by atomic mass is 35.5. The van der Waals surface area contributed by atoms with Crippen LogP contribution in [0.2, 0.25) is 5.02 Å². The molecule has 0 amide bonds. The quantitative estimate of drug-likeness (QED) is 0.630. The summed E-state index contributed by atoms with van der Waals surface area (Å²) in [5, 5.41) is 13.4. The number of nitrogens with zero attached hydrogens (tertiary/aromatic N) is 3. The Kier molecular flexibility index (Phi) is 5.31. The van der Waals surface area contributed by atoms with E-state index in [1.807, 2.05) is 0 Å². The van der Waals surface area contributed by atoms with Crippen molar-refractivity contribution in [2.45, 2.75) is 6.18 Å². The molecule has 0 atom stereocenters. The van der Waals surface area contributed by atoms with Gasteiger partial charge < -0.3 is 15.4 Å². The van der Waals surface area contributed by atoms with E-state index in [9.17, 15) is 13.2 Å². The molecule has 0 aliphatic carbocycles. The van der Waals surface area contributed by atoms with Gasteiger partial charge in [-0.2, -0.15) is 23.3 Å². The van der Waals surface area contributed by atoms with Gasteiger partial charge in [-0.05, 0) is 30.3 Å². The van der Waals surface area contributed by atoms with Gasteiger partial charge in [0.1, 0.15) is 5.75 Å². The Morgan fingerprint density at radius 3 is 2.56 bits per heavy atom. The largest absolute Gasteiger partial charge is 0.495 e. The Hall–Kier alpha value is -3.07. The van der Waals surface area contributed by atoms with E-state index in [4.69, 9.17) is 16.3 Å². The number of nitrogens with one attached hydrogen (secondary N) is 2. The van der Waals surface area contributed by atoms with Crippen molar-refractivity contribution in [1.82, 2.24) is 15.2 Å². The maximum atomic E-state index is 13.1. The Balaban J connectivity index is 1.87. The van der Waals surface area contributed by atoms with E-state index >= 15 is 0 Å². The number of aromatic nitrogens is 3. The molecule has 0 bridgehead atoms. The van der Waals surface area contributed by atoms with Crippen molar-refractivity contribution < 1.29 is 17.9 Å². The number of hydrogen-bond donors (Lipinski definition) is 2. The van der Waals surface area contributed by atoms with Crippen LogP contribution in [0.4, 0.5) is 36.3 Å². The molecule has 0 saturated carbocycles. The number of alkyl halides is 3. The van der Waals surface area contributed by atoms with Crippen LogP contribution in [0, 0.1) is 0 Å². The van der Waals surface area contributed by atoms with Gasteiger partial charge in [0.05, 0.1) is 30.2 Å². The molecule has 140 valence electrons. The Labute approximate surface area is 157 Å². The van der Waals surface area contributed by atoms with Gasteiger partial charge in [-0.15, -0.1) is 5.10 Å². The fourth-order valence-electron chi connectivity index (χ4n) is 2.29. The minimum Gasteiger partial charge on any atom is -0.495 e. The van der Waals surface area contributed by atoms with Gasteiger partial charge in [0, 0.05) is 5.02 Å². The van der Waals surface area contributed by atoms with Gasteiger partial charge in [0.15, 0.2) is 5.82 Å². The summed E-state index contributed by atoms with van der Waals surface area (Å²) in [6.07, 6.45) is -3.19. The van der Waals surface area contributed by atoms with Crippen molar-refractivity contribution in [2.75, 3.05) is 17.7 Å². The number of ether oxygens (including phenoxy) is 1. The van der Waals surface area contributed by atoms with E-state index < -0.39 is 11.7 Å². The lowest BCUT2D eigenvalue weighted by molar-refractivity contribution is -0.136. The summed E-state index contributed by atoms with van der Waals surface area (Å²) in [5.74, 6) is 0.658. The first-order chi connectivity index (χ1) is 12.9. The van der Waals surface area contributed by atoms with Gasteiger partial charge in [0.25, 0.3) is 0 Å². The third kappa shape index (κ3) is 4.56. The Bertz CT molecular complexity index is 952. The molecule has 1 aromatic heterocycles. The molecule has 0 fully saturated rings.